The Bertz CT molecular complexity index is 738. The van der Waals surface area contributed by atoms with Crippen LogP contribution in [-0.2, 0) is 0 Å². The number of thioether (sulfide) groups is 1. The molecule has 0 radical (unpaired) electrons. The largest absolute Gasteiger partial charge is 0.353 e. The Morgan fingerprint density at radius 1 is 1.36 bits per heavy atom. The Morgan fingerprint density at radius 2 is 2.23 bits per heavy atom. The zero-order valence-electron chi connectivity index (χ0n) is 11.7. The summed E-state index contributed by atoms with van der Waals surface area (Å²) < 4.78 is 0. The van der Waals surface area contributed by atoms with E-state index in [0.29, 0.717) is 30.3 Å². The van der Waals surface area contributed by atoms with Gasteiger partial charge in [0.25, 0.3) is 0 Å². The van der Waals surface area contributed by atoms with Crippen LogP contribution >= 0.6 is 11.8 Å². The van der Waals surface area contributed by atoms with E-state index >= 15 is 0 Å². The number of hydrogen-bond acceptors (Lipinski definition) is 7. The summed E-state index contributed by atoms with van der Waals surface area (Å²) in [5.74, 6) is 0.469. The zero-order valence-corrected chi connectivity index (χ0v) is 12.5. The van der Waals surface area contributed by atoms with Crippen LogP contribution in [0.15, 0.2) is 46.5 Å². The molecule has 3 rings (SSSR count). The van der Waals surface area contributed by atoms with Crippen LogP contribution in [0.4, 0.5) is 11.6 Å². The van der Waals surface area contributed by atoms with Crippen molar-refractivity contribution in [2.45, 2.75) is 4.90 Å². The molecule has 0 saturated carbocycles. The number of nitrogens with zero attached hydrogens (tertiary/aromatic N) is 3. The third-order valence-corrected chi connectivity index (χ3v) is 4.11. The molecule has 0 fully saturated rings. The summed E-state index contributed by atoms with van der Waals surface area (Å²) in [5.41, 5.74) is 7.54. The predicted molar refractivity (Wildman–Crippen MR) is 88.0 cm³/mol. The van der Waals surface area contributed by atoms with Gasteiger partial charge in [-0.2, -0.15) is 5.26 Å². The maximum Gasteiger partial charge on any atom is 0.223 e. The van der Waals surface area contributed by atoms with E-state index in [2.05, 4.69) is 26.7 Å². The smallest absolute Gasteiger partial charge is 0.223 e. The molecule has 0 bridgehead atoms. The average molecular weight is 310 g/mol. The number of nitrogens with one attached hydrogen (secondary N) is 2. The Hall–Kier alpha value is -2.56. The molecule has 6 nitrogen and oxygen atoms in total. The molecule has 0 amide bonds. The van der Waals surface area contributed by atoms with Gasteiger partial charge in [0.2, 0.25) is 5.95 Å². The number of anilines is 2. The highest BCUT2D eigenvalue weighted by atomic mass is 32.2. The van der Waals surface area contributed by atoms with E-state index in [9.17, 15) is 5.26 Å². The lowest BCUT2D eigenvalue weighted by Gasteiger charge is -2.06. The van der Waals surface area contributed by atoms with Crippen molar-refractivity contribution >= 4 is 29.0 Å². The summed E-state index contributed by atoms with van der Waals surface area (Å²) in [6.07, 6.45) is 1.63. The Balaban J connectivity index is 1.93. The first-order chi connectivity index (χ1) is 10.8. The first kappa shape index (κ1) is 14.4. The predicted octanol–water partition coefficient (Wildman–Crippen LogP) is 2.26. The molecule has 0 spiro atoms. The van der Waals surface area contributed by atoms with E-state index in [1.54, 1.807) is 12.3 Å². The molecule has 2 heterocycles. The van der Waals surface area contributed by atoms with Crippen LogP contribution in [0.2, 0.25) is 0 Å². The fraction of sp³-hybridized carbons (Fsp3) is 0.133. The molecule has 1 aliphatic heterocycles. The number of nitriles is 1. The molecule has 0 unspecified atom stereocenters. The molecule has 0 atom stereocenters. The summed E-state index contributed by atoms with van der Waals surface area (Å²) in [6.45, 7) is 1.08. The van der Waals surface area contributed by atoms with Crippen molar-refractivity contribution in [1.82, 2.24) is 9.97 Å². The fourth-order valence-corrected chi connectivity index (χ4v) is 3.03. The van der Waals surface area contributed by atoms with Crippen LogP contribution in [0.3, 0.4) is 0 Å². The molecule has 1 aliphatic rings. The van der Waals surface area contributed by atoms with Gasteiger partial charge in [-0.3, -0.25) is 0 Å². The minimum atomic E-state index is 0.469. The number of aromatic nitrogens is 2. The first-order valence-corrected chi connectivity index (χ1v) is 7.59. The molecule has 0 aliphatic carbocycles. The van der Waals surface area contributed by atoms with Gasteiger partial charge in [0.15, 0.2) is 0 Å². The second-order valence-corrected chi connectivity index (χ2v) is 5.57. The summed E-state index contributed by atoms with van der Waals surface area (Å²) in [7, 11) is 0. The fourth-order valence-electron chi connectivity index (χ4n) is 2.02. The molecule has 110 valence electrons. The molecule has 22 heavy (non-hydrogen) atoms. The van der Waals surface area contributed by atoms with Gasteiger partial charge < -0.3 is 16.4 Å². The number of fused-ring (bicyclic) bond motifs is 1. The van der Waals surface area contributed by atoms with Crippen molar-refractivity contribution in [3.63, 3.8) is 0 Å². The van der Waals surface area contributed by atoms with Crippen molar-refractivity contribution in [2.24, 2.45) is 5.73 Å². The highest BCUT2D eigenvalue weighted by Gasteiger charge is 2.20. The van der Waals surface area contributed by atoms with E-state index in [0.717, 1.165) is 15.6 Å². The summed E-state index contributed by atoms with van der Waals surface area (Å²) >= 11 is 1.53. The number of rotatable bonds is 4. The second kappa shape index (κ2) is 6.47. The van der Waals surface area contributed by atoms with Gasteiger partial charge in [0, 0.05) is 24.2 Å². The third kappa shape index (κ3) is 2.88. The van der Waals surface area contributed by atoms with Gasteiger partial charge in [-0.25, -0.2) is 9.97 Å². The first-order valence-electron chi connectivity index (χ1n) is 6.77. The summed E-state index contributed by atoms with van der Waals surface area (Å²) in [6, 6.07) is 11.9. The normalized spacial score (nSPS) is 14.7. The molecular weight excluding hydrogens is 296 g/mol. The molecule has 7 heteroatoms. The Kier molecular flexibility index (Phi) is 4.23. The van der Waals surface area contributed by atoms with Gasteiger partial charge in [0.05, 0.1) is 16.4 Å². The van der Waals surface area contributed by atoms with Crippen molar-refractivity contribution in [2.75, 3.05) is 23.7 Å². The van der Waals surface area contributed by atoms with Crippen LogP contribution in [0, 0.1) is 11.3 Å². The van der Waals surface area contributed by atoms with Crippen LogP contribution in [0.5, 0.6) is 0 Å². The molecule has 1 aromatic carbocycles. The van der Waals surface area contributed by atoms with Crippen molar-refractivity contribution in [3.05, 3.63) is 47.3 Å². The van der Waals surface area contributed by atoms with E-state index in [-0.39, 0.29) is 0 Å². The summed E-state index contributed by atoms with van der Waals surface area (Å²) in [5, 5.41) is 16.6. The van der Waals surface area contributed by atoms with Crippen LogP contribution in [-0.4, -0.2) is 23.1 Å². The van der Waals surface area contributed by atoms with Gasteiger partial charge in [-0.15, -0.1) is 0 Å². The van der Waals surface area contributed by atoms with Gasteiger partial charge in [-0.1, -0.05) is 23.9 Å². The number of benzene rings is 1. The van der Waals surface area contributed by atoms with Crippen LogP contribution in [0.1, 0.15) is 5.69 Å². The summed E-state index contributed by atoms with van der Waals surface area (Å²) in [4.78, 5) is 9.60. The van der Waals surface area contributed by atoms with Gasteiger partial charge in [-0.05, 0) is 18.2 Å². The Morgan fingerprint density at radius 3 is 3.00 bits per heavy atom. The van der Waals surface area contributed by atoms with Gasteiger partial charge in [0.1, 0.15) is 11.6 Å². The maximum absolute atomic E-state index is 9.52. The van der Waals surface area contributed by atoms with Crippen LogP contribution < -0.4 is 16.4 Å². The molecular formula is C15H14N6S. The van der Waals surface area contributed by atoms with E-state index in [1.807, 2.05) is 24.3 Å². The SMILES string of the molecule is N#C/C(=C1/Nc2ccccc2S1)c1ccnc(NCCN)n1. The second-order valence-electron chi connectivity index (χ2n) is 4.52. The third-order valence-electron chi connectivity index (χ3n) is 3.03. The minimum Gasteiger partial charge on any atom is -0.353 e. The standard InChI is InChI=1S/C15H14N6S/c16-6-8-19-15-18-7-5-11(21-15)10(9-17)14-20-12-3-1-2-4-13(12)22-14/h1-5,7,20H,6,8,16H2,(H,18,19,21)/b14-10+. The lowest BCUT2D eigenvalue weighted by Crippen LogP contribution is -2.15. The maximum atomic E-state index is 9.52. The topological polar surface area (TPSA) is 99.7 Å². The highest BCUT2D eigenvalue weighted by Crippen LogP contribution is 2.43. The van der Waals surface area contributed by atoms with Crippen molar-refractivity contribution in [3.8, 4) is 6.07 Å². The van der Waals surface area contributed by atoms with E-state index < -0.39 is 0 Å². The quantitative estimate of drug-likeness (QED) is 0.745. The van der Waals surface area contributed by atoms with Crippen LogP contribution in [0.25, 0.3) is 5.57 Å². The number of para-hydroxylation sites is 1. The average Bonchev–Trinajstić information content (AvgIpc) is 2.97. The minimum absolute atomic E-state index is 0.469. The number of allylic oxidation sites excluding steroid dienone is 1. The van der Waals surface area contributed by atoms with Crippen molar-refractivity contribution in [1.29, 1.82) is 5.26 Å². The number of hydrogen-bond donors (Lipinski definition) is 3. The Labute approximate surface area is 132 Å². The molecule has 2 aromatic rings. The zero-order chi connectivity index (χ0) is 15.4. The number of nitrogens with two attached hydrogens (primary N) is 1. The van der Waals surface area contributed by atoms with Crippen molar-refractivity contribution < 1.29 is 0 Å². The highest BCUT2D eigenvalue weighted by molar-refractivity contribution is 8.04. The van der Waals surface area contributed by atoms with E-state index in [1.165, 1.54) is 11.8 Å². The monoisotopic (exact) mass is 310 g/mol. The molecule has 1 aromatic heterocycles. The molecule has 0 saturated heterocycles. The molecule has 4 N–H and O–H groups in total. The van der Waals surface area contributed by atoms with Gasteiger partial charge >= 0.3 is 0 Å². The lowest BCUT2D eigenvalue weighted by molar-refractivity contribution is 0.986. The van der Waals surface area contributed by atoms with E-state index in [4.69, 9.17) is 5.73 Å². The lowest BCUT2D eigenvalue weighted by atomic mass is 10.2.